The third kappa shape index (κ3) is 4.77. The molecule has 1 heterocycles. The lowest BCUT2D eigenvalue weighted by Crippen LogP contribution is -2.25. The molecule has 0 amide bonds. The quantitative estimate of drug-likeness (QED) is 0.745. The molecule has 0 saturated carbocycles. The van der Waals surface area contributed by atoms with E-state index in [0.29, 0.717) is 5.15 Å². The first-order valence-corrected chi connectivity index (χ1v) is 6.07. The van der Waals surface area contributed by atoms with Gasteiger partial charge in [0.25, 0.3) is 0 Å². The van der Waals surface area contributed by atoms with Crippen molar-refractivity contribution in [3.8, 4) is 0 Å². The van der Waals surface area contributed by atoms with Crippen molar-refractivity contribution in [2.75, 3.05) is 31.5 Å². The summed E-state index contributed by atoms with van der Waals surface area (Å²) in [6.07, 6.45) is 4.31. The molecule has 0 fully saturated rings. The van der Waals surface area contributed by atoms with E-state index >= 15 is 0 Å². The number of hydrogen-bond acceptors (Lipinski definition) is 4. The molecule has 0 radical (unpaired) electrons. The second-order valence-corrected chi connectivity index (χ2v) is 3.92. The van der Waals surface area contributed by atoms with Gasteiger partial charge in [-0.3, -0.25) is 4.98 Å². The molecule has 0 spiro atoms. The summed E-state index contributed by atoms with van der Waals surface area (Å²) >= 11 is 5.73. The Morgan fingerprint density at radius 1 is 1.31 bits per heavy atom. The van der Waals surface area contributed by atoms with Crippen molar-refractivity contribution in [3.05, 3.63) is 17.5 Å². The molecule has 1 N–H and O–H groups in total. The van der Waals surface area contributed by atoms with Crippen molar-refractivity contribution in [3.63, 3.8) is 0 Å². The minimum Gasteiger partial charge on any atom is -0.369 e. The maximum absolute atomic E-state index is 5.73. The fraction of sp³-hybridized carbons (Fsp3) is 0.636. The second kappa shape index (κ2) is 7.41. The summed E-state index contributed by atoms with van der Waals surface area (Å²) in [5.74, 6) is 0.743. The highest BCUT2D eigenvalue weighted by molar-refractivity contribution is 6.29. The van der Waals surface area contributed by atoms with Crippen LogP contribution < -0.4 is 5.32 Å². The number of rotatable bonds is 7. The van der Waals surface area contributed by atoms with Crippen LogP contribution in [0.5, 0.6) is 0 Å². The number of halogens is 1. The predicted octanol–water partition coefficient (Wildman–Crippen LogP) is 2.27. The van der Waals surface area contributed by atoms with Gasteiger partial charge in [-0.1, -0.05) is 25.4 Å². The van der Waals surface area contributed by atoms with Gasteiger partial charge in [-0.2, -0.15) is 0 Å². The van der Waals surface area contributed by atoms with Crippen LogP contribution in [0.15, 0.2) is 12.4 Å². The molecular formula is C11H19ClN4. The van der Waals surface area contributed by atoms with E-state index in [4.69, 9.17) is 11.6 Å². The molecule has 1 aromatic heterocycles. The summed E-state index contributed by atoms with van der Waals surface area (Å²) in [5.41, 5.74) is 0. The molecule has 0 unspecified atom stereocenters. The van der Waals surface area contributed by atoms with Crippen molar-refractivity contribution >= 4 is 17.4 Å². The fourth-order valence-electron chi connectivity index (χ4n) is 1.49. The van der Waals surface area contributed by atoms with Gasteiger partial charge in [0.05, 0.1) is 12.4 Å². The van der Waals surface area contributed by atoms with Gasteiger partial charge in [0.1, 0.15) is 11.0 Å². The summed E-state index contributed by atoms with van der Waals surface area (Å²) < 4.78 is 0. The number of nitrogens with zero attached hydrogens (tertiary/aromatic N) is 3. The van der Waals surface area contributed by atoms with Gasteiger partial charge in [-0.15, -0.1) is 0 Å². The van der Waals surface area contributed by atoms with Crippen LogP contribution in [-0.2, 0) is 0 Å². The van der Waals surface area contributed by atoms with Gasteiger partial charge in [0, 0.05) is 6.54 Å². The molecule has 1 rings (SSSR count). The van der Waals surface area contributed by atoms with E-state index < -0.39 is 0 Å². The average molecular weight is 243 g/mol. The summed E-state index contributed by atoms with van der Waals surface area (Å²) in [7, 11) is 0. The van der Waals surface area contributed by atoms with E-state index in [2.05, 4.69) is 34.0 Å². The summed E-state index contributed by atoms with van der Waals surface area (Å²) in [5, 5.41) is 3.63. The topological polar surface area (TPSA) is 41.0 Å². The third-order valence-electron chi connectivity index (χ3n) is 2.46. The first-order valence-electron chi connectivity index (χ1n) is 5.70. The molecule has 0 saturated heterocycles. The zero-order valence-electron chi connectivity index (χ0n) is 9.91. The molecule has 1 aromatic rings. The molecule has 4 nitrogen and oxygen atoms in total. The Morgan fingerprint density at radius 3 is 2.69 bits per heavy atom. The van der Waals surface area contributed by atoms with Crippen LogP contribution >= 0.6 is 11.6 Å². The molecule has 5 heteroatoms. The molecule has 0 bridgehead atoms. The van der Waals surface area contributed by atoms with Gasteiger partial charge in [-0.25, -0.2) is 4.98 Å². The predicted molar refractivity (Wildman–Crippen MR) is 67.9 cm³/mol. The Bertz CT molecular complexity index is 302. The van der Waals surface area contributed by atoms with Gasteiger partial charge in [0.15, 0.2) is 0 Å². The van der Waals surface area contributed by atoms with Crippen LogP contribution in [0.3, 0.4) is 0 Å². The van der Waals surface area contributed by atoms with Gasteiger partial charge >= 0.3 is 0 Å². The van der Waals surface area contributed by atoms with Crippen LogP contribution in [0.2, 0.25) is 5.15 Å². The maximum atomic E-state index is 5.73. The van der Waals surface area contributed by atoms with Crippen LogP contribution in [0.4, 0.5) is 5.82 Å². The smallest absolute Gasteiger partial charge is 0.149 e. The monoisotopic (exact) mass is 242 g/mol. The number of anilines is 1. The molecule has 0 aromatic carbocycles. The Hall–Kier alpha value is -0.870. The molecule has 0 aliphatic rings. The van der Waals surface area contributed by atoms with Crippen LogP contribution in [-0.4, -0.2) is 41.0 Å². The highest BCUT2D eigenvalue weighted by Crippen LogP contribution is 2.06. The average Bonchev–Trinajstić information content (AvgIpc) is 2.29. The van der Waals surface area contributed by atoms with E-state index in [1.165, 1.54) is 6.20 Å². The largest absolute Gasteiger partial charge is 0.369 e. The van der Waals surface area contributed by atoms with E-state index in [0.717, 1.165) is 38.4 Å². The third-order valence-corrected chi connectivity index (χ3v) is 2.64. The maximum Gasteiger partial charge on any atom is 0.149 e. The Kier molecular flexibility index (Phi) is 6.11. The van der Waals surface area contributed by atoms with Crippen molar-refractivity contribution in [2.45, 2.75) is 20.3 Å². The number of nitrogens with one attached hydrogen (secondary N) is 1. The molecule has 0 atom stereocenters. The van der Waals surface area contributed by atoms with E-state index in [1.807, 2.05) is 0 Å². The Morgan fingerprint density at radius 2 is 2.06 bits per heavy atom. The van der Waals surface area contributed by atoms with Crippen molar-refractivity contribution < 1.29 is 0 Å². The molecule has 16 heavy (non-hydrogen) atoms. The van der Waals surface area contributed by atoms with Crippen molar-refractivity contribution in [1.82, 2.24) is 14.9 Å². The first-order chi connectivity index (χ1) is 7.76. The first kappa shape index (κ1) is 13.2. The van der Waals surface area contributed by atoms with E-state index in [1.54, 1.807) is 6.20 Å². The molecule has 0 aliphatic carbocycles. The zero-order chi connectivity index (χ0) is 11.8. The standard InChI is InChI=1S/C11H19ClN4/c1-3-16(4-2)7-5-6-14-11-9-13-8-10(12)15-11/h8-9H,3-7H2,1-2H3,(H,14,15). The van der Waals surface area contributed by atoms with Gasteiger partial charge in [0.2, 0.25) is 0 Å². The summed E-state index contributed by atoms with van der Waals surface area (Å²) in [6, 6.07) is 0. The lowest BCUT2D eigenvalue weighted by molar-refractivity contribution is 0.303. The lowest BCUT2D eigenvalue weighted by atomic mass is 10.3. The Labute approximate surface area is 102 Å². The second-order valence-electron chi connectivity index (χ2n) is 3.53. The van der Waals surface area contributed by atoms with E-state index in [9.17, 15) is 0 Å². The highest BCUT2D eigenvalue weighted by atomic mass is 35.5. The number of aromatic nitrogens is 2. The lowest BCUT2D eigenvalue weighted by Gasteiger charge is -2.17. The van der Waals surface area contributed by atoms with Gasteiger partial charge in [-0.05, 0) is 26.1 Å². The van der Waals surface area contributed by atoms with Gasteiger partial charge < -0.3 is 10.2 Å². The summed E-state index contributed by atoms with van der Waals surface area (Å²) in [4.78, 5) is 10.5. The summed E-state index contributed by atoms with van der Waals surface area (Å²) in [6.45, 7) is 8.57. The minimum absolute atomic E-state index is 0.425. The van der Waals surface area contributed by atoms with Crippen LogP contribution in [0.1, 0.15) is 20.3 Å². The van der Waals surface area contributed by atoms with E-state index in [-0.39, 0.29) is 0 Å². The fourth-order valence-corrected chi connectivity index (χ4v) is 1.63. The molecule has 90 valence electrons. The van der Waals surface area contributed by atoms with Crippen LogP contribution in [0.25, 0.3) is 0 Å². The molecule has 0 aliphatic heterocycles. The van der Waals surface area contributed by atoms with Crippen molar-refractivity contribution in [2.24, 2.45) is 0 Å². The molecular weight excluding hydrogens is 224 g/mol. The van der Waals surface area contributed by atoms with Crippen molar-refractivity contribution in [1.29, 1.82) is 0 Å². The zero-order valence-corrected chi connectivity index (χ0v) is 10.7. The number of hydrogen-bond donors (Lipinski definition) is 1. The SMILES string of the molecule is CCN(CC)CCCNc1cncc(Cl)n1. The van der Waals surface area contributed by atoms with Crippen LogP contribution in [0, 0.1) is 0 Å². The minimum atomic E-state index is 0.425. The highest BCUT2D eigenvalue weighted by Gasteiger charge is 1.99. The Balaban J connectivity index is 2.20. The normalized spacial score (nSPS) is 10.8.